The molecule has 0 saturated carbocycles. The first-order chi connectivity index (χ1) is 9.08. The molecule has 4 heteroatoms. The van der Waals surface area contributed by atoms with Crippen LogP contribution in [-0.4, -0.2) is 4.57 Å². The Balaban J connectivity index is 2.45. The molecule has 0 aliphatic rings. The molecule has 0 saturated heterocycles. The second kappa shape index (κ2) is 5.95. The zero-order valence-corrected chi connectivity index (χ0v) is 13.2. The van der Waals surface area contributed by atoms with Gasteiger partial charge in [-0.15, -0.1) is 0 Å². The van der Waals surface area contributed by atoms with E-state index in [0.29, 0.717) is 22.9 Å². The van der Waals surface area contributed by atoms with Crippen molar-refractivity contribution in [3.63, 3.8) is 0 Å². The van der Waals surface area contributed by atoms with E-state index in [1.54, 1.807) is 4.57 Å². The van der Waals surface area contributed by atoms with Gasteiger partial charge in [-0.1, -0.05) is 49.2 Å². The minimum atomic E-state index is -0.260. The summed E-state index contributed by atoms with van der Waals surface area (Å²) in [6.07, 6.45) is 2.03. The number of fused-ring (bicyclic) bond motifs is 1. The summed E-state index contributed by atoms with van der Waals surface area (Å²) < 4.78 is 7.04. The Morgan fingerprint density at radius 3 is 2.74 bits per heavy atom. The van der Waals surface area contributed by atoms with E-state index in [4.69, 9.17) is 4.42 Å². The molecule has 0 amide bonds. The van der Waals surface area contributed by atoms with Crippen LogP contribution in [0.5, 0.6) is 0 Å². The standard InChI is InChI=1S/C15H20BrNO2/c1-4-8-17-12-7-6-11(14(16)10(3)5-2)9-13(12)19-15(17)18/h6-7,9-10,14H,4-5,8H2,1-3H3. The predicted octanol–water partition coefficient (Wildman–Crippen LogP) is 4.49. The normalized spacial score (nSPS) is 14.7. The summed E-state index contributed by atoms with van der Waals surface area (Å²) in [4.78, 5) is 12.1. The Bertz CT molecular complexity index is 614. The van der Waals surface area contributed by atoms with Gasteiger partial charge in [-0.05, 0) is 30.0 Å². The van der Waals surface area contributed by atoms with Gasteiger partial charge in [0.2, 0.25) is 0 Å². The largest absolute Gasteiger partial charge is 0.419 e. The molecule has 3 nitrogen and oxygen atoms in total. The average molecular weight is 326 g/mol. The summed E-state index contributed by atoms with van der Waals surface area (Å²) in [5.41, 5.74) is 2.74. The lowest BCUT2D eigenvalue weighted by Gasteiger charge is -2.16. The highest BCUT2D eigenvalue weighted by atomic mass is 79.9. The number of rotatable bonds is 5. The molecule has 0 N–H and O–H groups in total. The van der Waals surface area contributed by atoms with E-state index in [-0.39, 0.29) is 5.76 Å². The molecule has 1 heterocycles. The Labute approximate surface area is 121 Å². The van der Waals surface area contributed by atoms with Crippen LogP contribution in [0.1, 0.15) is 44.0 Å². The van der Waals surface area contributed by atoms with Crippen molar-refractivity contribution in [2.75, 3.05) is 0 Å². The Morgan fingerprint density at radius 1 is 1.37 bits per heavy atom. The maximum atomic E-state index is 11.8. The van der Waals surface area contributed by atoms with E-state index < -0.39 is 0 Å². The maximum absolute atomic E-state index is 11.8. The Hall–Kier alpha value is -1.03. The monoisotopic (exact) mass is 325 g/mol. The number of halogens is 1. The molecule has 1 aromatic heterocycles. The number of alkyl halides is 1. The molecule has 0 aliphatic carbocycles. The van der Waals surface area contributed by atoms with Gasteiger partial charge in [-0.25, -0.2) is 4.79 Å². The van der Waals surface area contributed by atoms with Crippen molar-refractivity contribution in [3.05, 3.63) is 34.3 Å². The molecule has 104 valence electrons. The molecule has 2 aromatic rings. The fourth-order valence-corrected chi connectivity index (χ4v) is 2.88. The first-order valence-electron chi connectivity index (χ1n) is 6.85. The van der Waals surface area contributed by atoms with Crippen LogP contribution in [0.25, 0.3) is 11.1 Å². The number of benzene rings is 1. The van der Waals surface area contributed by atoms with Crippen LogP contribution in [0.2, 0.25) is 0 Å². The quantitative estimate of drug-likeness (QED) is 0.759. The van der Waals surface area contributed by atoms with Crippen LogP contribution in [0.4, 0.5) is 0 Å². The van der Waals surface area contributed by atoms with Gasteiger partial charge < -0.3 is 4.42 Å². The number of aromatic nitrogens is 1. The second-order valence-corrected chi connectivity index (χ2v) is 6.02. The Morgan fingerprint density at radius 2 is 2.11 bits per heavy atom. The van der Waals surface area contributed by atoms with Gasteiger partial charge in [0.15, 0.2) is 5.58 Å². The molecule has 0 fully saturated rings. The van der Waals surface area contributed by atoms with Gasteiger partial charge >= 0.3 is 5.76 Å². The van der Waals surface area contributed by atoms with Crippen LogP contribution < -0.4 is 5.76 Å². The zero-order chi connectivity index (χ0) is 14.0. The molecule has 0 radical (unpaired) electrons. The van der Waals surface area contributed by atoms with E-state index in [1.165, 1.54) is 5.56 Å². The summed E-state index contributed by atoms with van der Waals surface area (Å²) >= 11 is 3.73. The van der Waals surface area contributed by atoms with Gasteiger partial charge in [0.1, 0.15) is 0 Å². The van der Waals surface area contributed by atoms with Crippen molar-refractivity contribution in [2.24, 2.45) is 5.92 Å². The van der Waals surface area contributed by atoms with E-state index in [1.807, 2.05) is 12.1 Å². The van der Waals surface area contributed by atoms with E-state index >= 15 is 0 Å². The fraction of sp³-hybridized carbons (Fsp3) is 0.533. The average Bonchev–Trinajstić information content (AvgIpc) is 2.73. The summed E-state index contributed by atoms with van der Waals surface area (Å²) in [7, 11) is 0. The summed E-state index contributed by atoms with van der Waals surface area (Å²) in [6.45, 7) is 7.14. The number of hydrogen-bond donors (Lipinski definition) is 0. The van der Waals surface area contributed by atoms with Gasteiger partial charge in [0, 0.05) is 11.4 Å². The van der Waals surface area contributed by atoms with Crippen molar-refractivity contribution in [2.45, 2.75) is 45.0 Å². The molecule has 2 rings (SSSR count). The minimum Gasteiger partial charge on any atom is -0.408 e. The SMILES string of the molecule is CCCn1c(=O)oc2cc(C(Br)C(C)CC)ccc21. The fourth-order valence-electron chi connectivity index (χ4n) is 2.23. The molecule has 0 aliphatic heterocycles. The van der Waals surface area contributed by atoms with Crippen LogP contribution >= 0.6 is 15.9 Å². The number of oxazole rings is 1. The molecular weight excluding hydrogens is 306 g/mol. The van der Waals surface area contributed by atoms with E-state index in [9.17, 15) is 4.79 Å². The number of aryl methyl sites for hydroxylation is 1. The van der Waals surface area contributed by atoms with Crippen LogP contribution in [-0.2, 0) is 6.54 Å². The summed E-state index contributed by atoms with van der Waals surface area (Å²) in [5, 5.41) is 0. The Kier molecular flexibility index (Phi) is 4.50. The molecule has 1 aromatic carbocycles. The second-order valence-electron chi connectivity index (χ2n) is 5.03. The van der Waals surface area contributed by atoms with E-state index in [0.717, 1.165) is 18.4 Å². The minimum absolute atomic E-state index is 0.260. The summed E-state index contributed by atoms with van der Waals surface area (Å²) in [6, 6.07) is 6.05. The highest BCUT2D eigenvalue weighted by molar-refractivity contribution is 9.09. The predicted molar refractivity (Wildman–Crippen MR) is 81.9 cm³/mol. The molecule has 0 bridgehead atoms. The van der Waals surface area contributed by atoms with Crippen molar-refractivity contribution >= 4 is 27.0 Å². The third-order valence-electron chi connectivity index (χ3n) is 3.60. The topological polar surface area (TPSA) is 35.1 Å². The van der Waals surface area contributed by atoms with Crippen molar-refractivity contribution in [1.29, 1.82) is 0 Å². The van der Waals surface area contributed by atoms with Crippen LogP contribution in [0.3, 0.4) is 0 Å². The highest BCUT2D eigenvalue weighted by Crippen LogP contribution is 2.34. The first-order valence-corrected chi connectivity index (χ1v) is 7.77. The summed E-state index contributed by atoms with van der Waals surface area (Å²) in [5.74, 6) is 0.283. The third-order valence-corrected chi connectivity index (χ3v) is 5.03. The molecule has 2 atom stereocenters. The molecular formula is C15H20BrNO2. The van der Waals surface area contributed by atoms with Crippen molar-refractivity contribution in [1.82, 2.24) is 4.57 Å². The number of nitrogens with zero attached hydrogens (tertiary/aromatic N) is 1. The smallest absolute Gasteiger partial charge is 0.408 e. The first kappa shape index (κ1) is 14.4. The maximum Gasteiger partial charge on any atom is 0.419 e. The highest BCUT2D eigenvalue weighted by Gasteiger charge is 2.17. The van der Waals surface area contributed by atoms with E-state index in [2.05, 4.69) is 42.8 Å². The van der Waals surface area contributed by atoms with Crippen LogP contribution in [0.15, 0.2) is 27.4 Å². The van der Waals surface area contributed by atoms with Gasteiger partial charge in [0.05, 0.1) is 5.52 Å². The van der Waals surface area contributed by atoms with Gasteiger partial charge in [0.25, 0.3) is 0 Å². The van der Waals surface area contributed by atoms with Crippen LogP contribution in [0, 0.1) is 5.92 Å². The lowest BCUT2D eigenvalue weighted by Crippen LogP contribution is -2.13. The lowest BCUT2D eigenvalue weighted by atomic mass is 9.98. The zero-order valence-electron chi connectivity index (χ0n) is 11.6. The van der Waals surface area contributed by atoms with Gasteiger partial charge in [-0.2, -0.15) is 0 Å². The molecule has 0 spiro atoms. The van der Waals surface area contributed by atoms with Crippen molar-refractivity contribution < 1.29 is 4.42 Å². The van der Waals surface area contributed by atoms with Gasteiger partial charge in [-0.3, -0.25) is 4.57 Å². The third kappa shape index (κ3) is 2.78. The molecule has 19 heavy (non-hydrogen) atoms. The molecule has 2 unspecified atom stereocenters. The van der Waals surface area contributed by atoms with Crippen molar-refractivity contribution in [3.8, 4) is 0 Å². The lowest BCUT2D eigenvalue weighted by molar-refractivity contribution is 0.502. The number of hydrogen-bond acceptors (Lipinski definition) is 2.